The van der Waals surface area contributed by atoms with Crippen molar-refractivity contribution in [1.82, 2.24) is 0 Å². The molecule has 88 valence electrons. The van der Waals surface area contributed by atoms with Crippen LogP contribution in [0.15, 0.2) is 36.4 Å². The lowest BCUT2D eigenvalue weighted by Gasteiger charge is -2.09. The van der Waals surface area contributed by atoms with Crippen molar-refractivity contribution in [3.8, 4) is 22.6 Å². The molecule has 0 amide bonds. The molecule has 17 heavy (non-hydrogen) atoms. The van der Waals surface area contributed by atoms with Gasteiger partial charge in [-0.3, -0.25) is 0 Å². The Morgan fingerprint density at radius 1 is 1.12 bits per heavy atom. The maximum atomic E-state index is 13.2. The van der Waals surface area contributed by atoms with Gasteiger partial charge in [-0.1, -0.05) is 11.6 Å². The number of rotatable bonds is 2. The molecule has 0 heterocycles. The largest absolute Gasteiger partial charge is 0.507 e. The van der Waals surface area contributed by atoms with Crippen LogP contribution in [0.1, 0.15) is 0 Å². The second-order valence-corrected chi connectivity index (χ2v) is 3.91. The molecule has 2 aromatic carbocycles. The Balaban J connectivity index is 2.62. The highest BCUT2D eigenvalue weighted by atomic mass is 35.5. The van der Waals surface area contributed by atoms with Crippen molar-refractivity contribution in [2.75, 3.05) is 7.11 Å². The van der Waals surface area contributed by atoms with E-state index in [1.807, 2.05) is 0 Å². The molecule has 0 aliphatic heterocycles. The molecule has 0 saturated heterocycles. The molecule has 1 N–H and O–H groups in total. The van der Waals surface area contributed by atoms with E-state index in [2.05, 4.69) is 0 Å². The summed E-state index contributed by atoms with van der Waals surface area (Å²) in [6.07, 6.45) is 0. The van der Waals surface area contributed by atoms with Crippen LogP contribution in [-0.4, -0.2) is 12.2 Å². The van der Waals surface area contributed by atoms with Gasteiger partial charge in [0, 0.05) is 16.1 Å². The van der Waals surface area contributed by atoms with Crippen LogP contribution in [0.5, 0.6) is 11.5 Å². The highest BCUT2D eigenvalue weighted by molar-refractivity contribution is 6.33. The minimum absolute atomic E-state index is 0.0262. The molecule has 0 fully saturated rings. The summed E-state index contributed by atoms with van der Waals surface area (Å²) >= 11 is 5.98. The van der Waals surface area contributed by atoms with Gasteiger partial charge in [0.1, 0.15) is 17.3 Å². The molecule has 0 spiro atoms. The molecule has 0 aliphatic carbocycles. The highest BCUT2D eigenvalue weighted by Gasteiger charge is 2.10. The third kappa shape index (κ3) is 2.34. The van der Waals surface area contributed by atoms with Gasteiger partial charge in [0.05, 0.1) is 7.11 Å². The fourth-order valence-corrected chi connectivity index (χ4v) is 1.78. The number of benzene rings is 2. The van der Waals surface area contributed by atoms with Crippen LogP contribution >= 0.6 is 11.6 Å². The molecule has 0 bridgehead atoms. The SMILES string of the molecule is COc1ccc(O)c(-c2cc(F)ccc2Cl)c1. The summed E-state index contributed by atoms with van der Waals surface area (Å²) in [5.41, 5.74) is 0.872. The van der Waals surface area contributed by atoms with Crippen LogP contribution in [0.25, 0.3) is 11.1 Å². The van der Waals surface area contributed by atoms with E-state index in [1.54, 1.807) is 12.1 Å². The van der Waals surface area contributed by atoms with Crippen LogP contribution < -0.4 is 4.74 Å². The van der Waals surface area contributed by atoms with Crippen molar-refractivity contribution in [2.45, 2.75) is 0 Å². The first-order valence-corrected chi connectivity index (χ1v) is 5.32. The second-order valence-electron chi connectivity index (χ2n) is 3.51. The van der Waals surface area contributed by atoms with Gasteiger partial charge in [0.15, 0.2) is 0 Å². The van der Waals surface area contributed by atoms with Crippen molar-refractivity contribution in [1.29, 1.82) is 0 Å². The summed E-state index contributed by atoms with van der Waals surface area (Å²) in [6.45, 7) is 0. The molecule has 0 unspecified atom stereocenters. The fraction of sp³-hybridized carbons (Fsp3) is 0.0769. The summed E-state index contributed by atoms with van der Waals surface area (Å²) in [7, 11) is 1.52. The second kappa shape index (κ2) is 4.63. The zero-order chi connectivity index (χ0) is 12.4. The van der Waals surface area contributed by atoms with Crippen molar-refractivity contribution >= 4 is 11.6 Å². The summed E-state index contributed by atoms with van der Waals surface area (Å²) in [5, 5.41) is 10.1. The maximum absolute atomic E-state index is 13.2. The van der Waals surface area contributed by atoms with Gasteiger partial charge < -0.3 is 9.84 Å². The normalized spacial score (nSPS) is 10.3. The van der Waals surface area contributed by atoms with Crippen molar-refractivity contribution in [3.05, 3.63) is 47.2 Å². The lowest BCUT2D eigenvalue weighted by molar-refractivity contribution is 0.412. The van der Waals surface area contributed by atoms with E-state index in [0.717, 1.165) is 0 Å². The van der Waals surface area contributed by atoms with E-state index < -0.39 is 5.82 Å². The van der Waals surface area contributed by atoms with E-state index in [-0.39, 0.29) is 5.75 Å². The topological polar surface area (TPSA) is 29.5 Å². The molecule has 2 rings (SSSR count). The number of phenols is 1. The summed E-state index contributed by atoms with van der Waals surface area (Å²) in [5.74, 6) is 0.183. The van der Waals surface area contributed by atoms with Crippen molar-refractivity contribution < 1.29 is 14.2 Å². The van der Waals surface area contributed by atoms with Gasteiger partial charge in [-0.05, 0) is 36.4 Å². The molecule has 0 atom stereocenters. The summed E-state index contributed by atoms with van der Waals surface area (Å²) in [6, 6.07) is 8.70. The van der Waals surface area contributed by atoms with Crippen LogP contribution in [0.3, 0.4) is 0 Å². The van der Waals surface area contributed by atoms with E-state index in [9.17, 15) is 9.50 Å². The number of methoxy groups -OCH3 is 1. The average Bonchev–Trinajstić information content (AvgIpc) is 2.33. The first kappa shape index (κ1) is 11.7. The van der Waals surface area contributed by atoms with Crippen LogP contribution in [0.2, 0.25) is 5.02 Å². The van der Waals surface area contributed by atoms with Gasteiger partial charge in [0.25, 0.3) is 0 Å². The van der Waals surface area contributed by atoms with Gasteiger partial charge in [-0.2, -0.15) is 0 Å². The quantitative estimate of drug-likeness (QED) is 0.879. The fourth-order valence-electron chi connectivity index (χ4n) is 1.56. The molecule has 0 saturated carbocycles. The standard InChI is InChI=1S/C13H10ClFO2/c1-17-9-3-5-13(16)11(7-9)10-6-8(15)2-4-12(10)14/h2-7,16H,1H3. The van der Waals surface area contributed by atoms with Crippen LogP contribution in [0.4, 0.5) is 4.39 Å². The zero-order valence-corrected chi connectivity index (χ0v) is 9.83. The molecule has 4 heteroatoms. The van der Waals surface area contributed by atoms with Crippen molar-refractivity contribution in [2.24, 2.45) is 0 Å². The Kier molecular flexibility index (Phi) is 3.20. The lowest BCUT2D eigenvalue weighted by Crippen LogP contribution is -1.87. The smallest absolute Gasteiger partial charge is 0.123 e. The minimum atomic E-state index is -0.411. The van der Waals surface area contributed by atoms with Gasteiger partial charge in [0.2, 0.25) is 0 Å². The minimum Gasteiger partial charge on any atom is -0.507 e. The third-order valence-corrected chi connectivity index (χ3v) is 2.75. The van der Waals surface area contributed by atoms with Gasteiger partial charge in [-0.25, -0.2) is 4.39 Å². The van der Waals surface area contributed by atoms with Crippen LogP contribution in [-0.2, 0) is 0 Å². The van der Waals surface area contributed by atoms with E-state index in [0.29, 0.717) is 21.9 Å². The first-order valence-electron chi connectivity index (χ1n) is 4.94. The maximum Gasteiger partial charge on any atom is 0.123 e. The number of hydrogen-bond acceptors (Lipinski definition) is 2. The van der Waals surface area contributed by atoms with E-state index >= 15 is 0 Å². The summed E-state index contributed by atoms with van der Waals surface area (Å²) in [4.78, 5) is 0. The third-order valence-electron chi connectivity index (χ3n) is 2.42. The molecular formula is C13H10ClFO2. The first-order chi connectivity index (χ1) is 8.11. The monoisotopic (exact) mass is 252 g/mol. The van der Waals surface area contributed by atoms with E-state index in [1.165, 1.54) is 31.4 Å². The lowest BCUT2D eigenvalue weighted by atomic mass is 10.0. The molecule has 0 radical (unpaired) electrons. The number of aromatic hydroxyl groups is 1. The predicted octanol–water partition coefficient (Wildman–Crippen LogP) is 3.86. The molecular weight excluding hydrogens is 243 g/mol. The molecule has 2 nitrogen and oxygen atoms in total. The number of phenolic OH excluding ortho intramolecular Hbond substituents is 1. The summed E-state index contributed by atoms with van der Waals surface area (Å²) < 4.78 is 18.2. The van der Waals surface area contributed by atoms with Crippen molar-refractivity contribution in [3.63, 3.8) is 0 Å². The van der Waals surface area contributed by atoms with Crippen LogP contribution in [0, 0.1) is 5.82 Å². The number of ether oxygens (including phenoxy) is 1. The Morgan fingerprint density at radius 3 is 2.59 bits per heavy atom. The number of hydrogen-bond donors (Lipinski definition) is 1. The van der Waals surface area contributed by atoms with Gasteiger partial charge in [-0.15, -0.1) is 0 Å². The average molecular weight is 253 g/mol. The molecule has 2 aromatic rings. The Labute approximate surface area is 103 Å². The Hall–Kier alpha value is -1.74. The number of halogens is 2. The Bertz CT molecular complexity index is 555. The molecule has 0 aliphatic rings. The van der Waals surface area contributed by atoms with Gasteiger partial charge >= 0.3 is 0 Å². The zero-order valence-electron chi connectivity index (χ0n) is 9.08. The predicted molar refractivity (Wildman–Crippen MR) is 65.1 cm³/mol. The Morgan fingerprint density at radius 2 is 1.88 bits per heavy atom. The highest BCUT2D eigenvalue weighted by Crippen LogP contribution is 2.36. The molecule has 0 aromatic heterocycles. The van der Waals surface area contributed by atoms with E-state index in [4.69, 9.17) is 16.3 Å².